The van der Waals surface area contributed by atoms with Gasteiger partial charge in [-0.05, 0) is 19.8 Å². The average Bonchev–Trinajstić information content (AvgIpc) is 2.70. The molecule has 7 nitrogen and oxygen atoms in total. The molecule has 2 aliphatic heterocycles. The predicted molar refractivity (Wildman–Crippen MR) is 47.6 cm³/mol. The molecule has 0 spiro atoms. The summed E-state index contributed by atoms with van der Waals surface area (Å²) in [4.78, 5) is 27.4. The number of fused-ring (bicyclic) bond motifs is 1. The number of carbonyl (C=O) groups is 1. The van der Waals surface area contributed by atoms with Crippen molar-refractivity contribution in [1.29, 1.82) is 0 Å². The van der Waals surface area contributed by atoms with E-state index < -0.39 is 16.8 Å². The van der Waals surface area contributed by atoms with Gasteiger partial charge in [-0.25, -0.2) is 4.79 Å². The van der Waals surface area contributed by atoms with Crippen LogP contribution in [-0.2, 0) is 9.57 Å². The van der Waals surface area contributed by atoms with Gasteiger partial charge in [-0.1, -0.05) is 0 Å². The SMILES string of the molecule is C[C@]1(CO[N+](=O)[O-])OC(=O)N2CCC[C@@H]21. The van der Waals surface area contributed by atoms with Crippen molar-refractivity contribution in [3.05, 3.63) is 10.1 Å². The number of hydrogen-bond donors (Lipinski definition) is 0. The van der Waals surface area contributed by atoms with Gasteiger partial charge in [-0.15, -0.1) is 10.1 Å². The van der Waals surface area contributed by atoms with Crippen LogP contribution in [0.2, 0.25) is 0 Å². The maximum atomic E-state index is 11.4. The number of amides is 1. The minimum Gasteiger partial charge on any atom is -0.439 e. The predicted octanol–water partition coefficient (Wildman–Crippen LogP) is 0.568. The maximum Gasteiger partial charge on any atom is 0.410 e. The van der Waals surface area contributed by atoms with Crippen molar-refractivity contribution in [2.24, 2.45) is 0 Å². The Labute approximate surface area is 86.0 Å². The van der Waals surface area contributed by atoms with Gasteiger partial charge in [0.25, 0.3) is 5.09 Å². The Kier molecular flexibility index (Phi) is 2.17. The van der Waals surface area contributed by atoms with Crippen LogP contribution in [0.5, 0.6) is 0 Å². The van der Waals surface area contributed by atoms with E-state index in [9.17, 15) is 14.9 Å². The summed E-state index contributed by atoms with van der Waals surface area (Å²) in [6.45, 7) is 2.13. The molecule has 1 amide bonds. The molecule has 15 heavy (non-hydrogen) atoms. The molecule has 0 unspecified atom stereocenters. The summed E-state index contributed by atoms with van der Waals surface area (Å²) in [7, 11) is 0. The van der Waals surface area contributed by atoms with Gasteiger partial charge in [0.2, 0.25) is 0 Å². The van der Waals surface area contributed by atoms with Gasteiger partial charge in [0.05, 0.1) is 6.04 Å². The Bertz CT molecular complexity index is 307. The van der Waals surface area contributed by atoms with Crippen LogP contribution in [0.3, 0.4) is 0 Å². The molecule has 0 aliphatic carbocycles. The number of hydrogen-bond acceptors (Lipinski definition) is 5. The Balaban J connectivity index is 2.07. The third-order valence-corrected chi connectivity index (χ3v) is 2.97. The lowest BCUT2D eigenvalue weighted by molar-refractivity contribution is -0.760. The first-order valence-corrected chi connectivity index (χ1v) is 4.80. The van der Waals surface area contributed by atoms with E-state index in [1.165, 1.54) is 0 Å². The zero-order chi connectivity index (χ0) is 11.1. The monoisotopic (exact) mass is 216 g/mol. The summed E-state index contributed by atoms with van der Waals surface area (Å²) < 4.78 is 5.12. The number of ether oxygens (including phenoxy) is 1. The lowest BCUT2D eigenvalue weighted by Gasteiger charge is -2.26. The fourth-order valence-electron chi connectivity index (χ4n) is 2.25. The molecule has 2 saturated heterocycles. The van der Waals surface area contributed by atoms with E-state index in [2.05, 4.69) is 4.84 Å². The van der Waals surface area contributed by atoms with Crippen LogP contribution < -0.4 is 0 Å². The topological polar surface area (TPSA) is 81.9 Å². The number of cyclic esters (lactones) is 1. The van der Waals surface area contributed by atoms with E-state index >= 15 is 0 Å². The fraction of sp³-hybridized carbons (Fsp3) is 0.875. The molecule has 0 aromatic rings. The minimum absolute atomic E-state index is 0.0926. The molecule has 2 aliphatic rings. The van der Waals surface area contributed by atoms with Gasteiger partial charge in [-0.2, -0.15) is 0 Å². The molecular formula is C8H12N2O5. The van der Waals surface area contributed by atoms with Gasteiger partial charge in [0.15, 0.2) is 5.60 Å². The van der Waals surface area contributed by atoms with Crippen molar-refractivity contribution >= 4 is 6.09 Å². The van der Waals surface area contributed by atoms with E-state index in [1.807, 2.05) is 0 Å². The lowest BCUT2D eigenvalue weighted by atomic mass is 9.96. The van der Waals surface area contributed by atoms with E-state index in [1.54, 1.807) is 11.8 Å². The molecule has 0 radical (unpaired) electrons. The van der Waals surface area contributed by atoms with E-state index in [0.29, 0.717) is 6.54 Å². The molecule has 0 bridgehead atoms. The lowest BCUT2D eigenvalue weighted by Crippen LogP contribution is -2.43. The van der Waals surface area contributed by atoms with Crippen LogP contribution >= 0.6 is 0 Å². The molecule has 0 aromatic heterocycles. The average molecular weight is 216 g/mol. The van der Waals surface area contributed by atoms with Crippen LogP contribution in [-0.4, -0.2) is 40.9 Å². The van der Waals surface area contributed by atoms with E-state index in [-0.39, 0.29) is 12.6 Å². The molecule has 2 rings (SSSR count). The molecule has 2 fully saturated rings. The Hall–Kier alpha value is -1.53. The second kappa shape index (κ2) is 3.25. The number of rotatable bonds is 3. The highest BCUT2D eigenvalue weighted by Gasteiger charge is 2.53. The summed E-state index contributed by atoms with van der Waals surface area (Å²) in [6, 6.07) is -0.0926. The zero-order valence-electron chi connectivity index (χ0n) is 8.34. The first-order valence-electron chi connectivity index (χ1n) is 4.80. The summed E-state index contributed by atoms with van der Waals surface area (Å²) in [6.07, 6.45) is 1.32. The zero-order valence-corrected chi connectivity index (χ0v) is 8.34. The molecule has 2 atom stereocenters. The minimum atomic E-state index is -0.888. The molecule has 84 valence electrons. The maximum absolute atomic E-state index is 11.4. The summed E-state index contributed by atoms with van der Waals surface area (Å²) in [5, 5.41) is 9.24. The van der Waals surface area contributed by atoms with Crippen LogP contribution in [0.4, 0.5) is 4.79 Å². The van der Waals surface area contributed by atoms with E-state index in [4.69, 9.17) is 4.74 Å². The largest absolute Gasteiger partial charge is 0.439 e. The number of carbonyl (C=O) groups excluding carboxylic acids is 1. The Morgan fingerprint density at radius 2 is 2.53 bits per heavy atom. The quantitative estimate of drug-likeness (QED) is 0.508. The summed E-state index contributed by atoms with van der Waals surface area (Å²) in [5.41, 5.74) is -0.888. The standard InChI is InChI=1S/C8H12N2O5/c1-8(5-14-10(12)13)6-3-2-4-9(6)7(11)15-8/h6H,2-5H2,1H3/t6-,8-/m1/s1. The van der Waals surface area contributed by atoms with Gasteiger partial charge in [0.1, 0.15) is 6.61 Å². The van der Waals surface area contributed by atoms with Crippen molar-refractivity contribution < 1.29 is 19.5 Å². The molecule has 2 heterocycles. The van der Waals surface area contributed by atoms with E-state index in [0.717, 1.165) is 12.8 Å². The smallest absolute Gasteiger partial charge is 0.410 e. The van der Waals surface area contributed by atoms with Crippen molar-refractivity contribution in [3.8, 4) is 0 Å². The number of nitrogens with zero attached hydrogens (tertiary/aromatic N) is 2. The normalized spacial score (nSPS) is 33.8. The third-order valence-electron chi connectivity index (χ3n) is 2.97. The van der Waals surface area contributed by atoms with Gasteiger partial charge < -0.3 is 14.5 Å². The van der Waals surface area contributed by atoms with Crippen LogP contribution in [0.15, 0.2) is 0 Å². The Morgan fingerprint density at radius 1 is 1.80 bits per heavy atom. The summed E-state index contributed by atoms with van der Waals surface area (Å²) >= 11 is 0. The molecule has 0 N–H and O–H groups in total. The fourth-order valence-corrected chi connectivity index (χ4v) is 2.25. The molecule has 0 saturated carbocycles. The van der Waals surface area contributed by atoms with Crippen LogP contribution in [0.1, 0.15) is 19.8 Å². The summed E-state index contributed by atoms with van der Waals surface area (Å²) in [5.74, 6) is 0. The van der Waals surface area contributed by atoms with Crippen molar-refractivity contribution in [1.82, 2.24) is 4.90 Å². The van der Waals surface area contributed by atoms with Crippen LogP contribution in [0.25, 0.3) is 0 Å². The van der Waals surface area contributed by atoms with Gasteiger partial charge in [0, 0.05) is 6.54 Å². The van der Waals surface area contributed by atoms with Crippen molar-refractivity contribution in [2.75, 3.05) is 13.2 Å². The highest BCUT2D eigenvalue weighted by molar-refractivity contribution is 5.72. The van der Waals surface area contributed by atoms with Crippen molar-refractivity contribution in [2.45, 2.75) is 31.4 Å². The highest BCUT2D eigenvalue weighted by Crippen LogP contribution is 2.36. The second-order valence-corrected chi connectivity index (χ2v) is 4.03. The van der Waals surface area contributed by atoms with Crippen molar-refractivity contribution in [3.63, 3.8) is 0 Å². The van der Waals surface area contributed by atoms with Gasteiger partial charge >= 0.3 is 6.09 Å². The molecule has 0 aromatic carbocycles. The first-order chi connectivity index (χ1) is 7.03. The first kappa shape index (κ1) is 10.0. The van der Waals surface area contributed by atoms with Crippen LogP contribution in [0, 0.1) is 10.1 Å². The molecular weight excluding hydrogens is 204 g/mol. The van der Waals surface area contributed by atoms with Gasteiger partial charge in [-0.3, -0.25) is 0 Å². The third kappa shape index (κ3) is 1.57. The molecule has 7 heteroatoms. The highest BCUT2D eigenvalue weighted by atomic mass is 17.0. The second-order valence-electron chi connectivity index (χ2n) is 4.03. The Morgan fingerprint density at radius 3 is 3.20 bits per heavy atom.